The minimum atomic E-state index is -1.11. The van der Waals surface area contributed by atoms with Crippen LogP contribution in [0.1, 0.15) is 38.8 Å². The molecular weight excluding hydrogens is 339 g/mol. The van der Waals surface area contributed by atoms with Gasteiger partial charge in [0.15, 0.2) is 0 Å². The summed E-state index contributed by atoms with van der Waals surface area (Å²) in [4.78, 5) is 37.9. The first kappa shape index (κ1) is 17.3. The molecule has 1 atom stereocenters. The normalized spacial score (nSPS) is 14.0. The first-order chi connectivity index (χ1) is 12.4. The monoisotopic (exact) mass is 352 g/mol. The van der Waals surface area contributed by atoms with Gasteiger partial charge in [0.1, 0.15) is 24.5 Å². The summed E-state index contributed by atoms with van der Waals surface area (Å²) >= 11 is 0. The summed E-state index contributed by atoms with van der Waals surface area (Å²) in [6, 6.07) is 10.7. The number of amides is 2. The van der Waals surface area contributed by atoms with Crippen molar-refractivity contribution >= 4 is 17.8 Å². The molecule has 2 aromatic rings. The zero-order chi connectivity index (χ0) is 18.8. The van der Waals surface area contributed by atoms with Gasteiger partial charge in [-0.05, 0) is 36.8 Å². The van der Waals surface area contributed by atoms with Gasteiger partial charge in [0.2, 0.25) is 0 Å². The summed E-state index contributed by atoms with van der Waals surface area (Å²) in [7, 11) is 0. The first-order valence-electron chi connectivity index (χ1n) is 7.76. The molecule has 0 spiro atoms. The summed E-state index contributed by atoms with van der Waals surface area (Å²) in [5, 5.41) is 8.82. The second-order valence-electron chi connectivity index (χ2n) is 5.74. The molecular formula is C19H13FN2O4. The van der Waals surface area contributed by atoms with E-state index in [0.717, 1.165) is 11.0 Å². The summed E-state index contributed by atoms with van der Waals surface area (Å²) in [5.74, 6) is -2.54. The van der Waals surface area contributed by atoms with Crippen LogP contribution in [0.15, 0.2) is 42.5 Å². The van der Waals surface area contributed by atoms with Crippen molar-refractivity contribution in [2.24, 2.45) is 0 Å². The van der Waals surface area contributed by atoms with Gasteiger partial charge in [-0.3, -0.25) is 14.5 Å². The number of carbonyl (C=O) groups is 3. The molecule has 0 saturated carbocycles. The molecule has 0 fully saturated rings. The quantitative estimate of drug-likeness (QED) is 0.623. The van der Waals surface area contributed by atoms with Gasteiger partial charge >= 0.3 is 5.97 Å². The highest BCUT2D eigenvalue weighted by atomic mass is 19.1. The molecule has 2 aromatic carbocycles. The van der Waals surface area contributed by atoms with Gasteiger partial charge in [0, 0.05) is 0 Å². The zero-order valence-corrected chi connectivity index (χ0v) is 13.7. The lowest BCUT2D eigenvalue weighted by molar-refractivity contribution is -0.149. The number of hydrogen-bond acceptors (Lipinski definition) is 5. The summed E-state index contributed by atoms with van der Waals surface area (Å²) in [5.41, 5.74) is 0.751. The Kier molecular flexibility index (Phi) is 4.50. The molecule has 0 saturated heterocycles. The number of imide groups is 1. The number of ether oxygens (including phenoxy) is 1. The number of carbonyl (C=O) groups excluding carboxylic acids is 3. The molecule has 0 aliphatic carbocycles. The smallest absolute Gasteiger partial charge is 0.329 e. The third kappa shape index (κ3) is 2.93. The number of fused-ring (bicyclic) bond motifs is 1. The zero-order valence-electron chi connectivity index (χ0n) is 13.7. The Hall–Kier alpha value is -3.53. The van der Waals surface area contributed by atoms with Crippen LogP contribution in [-0.4, -0.2) is 28.7 Å². The molecule has 3 rings (SSSR count). The van der Waals surface area contributed by atoms with Crippen LogP contribution in [-0.2, 0) is 16.1 Å². The third-order valence-corrected chi connectivity index (χ3v) is 4.09. The molecule has 130 valence electrons. The van der Waals surface area contributed by atoms with E-state index in [1.165, 1.54) is 31.2 Å². The van der Waals surface area contributed by atoms with Gasteiger partial charge in [0.05, 0.1) is 16.7 Å². The van der Waals surface area contributed by atoms with Gasteiger partial charge in [-0.25, -0.2) is 9.18 Å². The van der Waals surface area contributed by atoms with E-state index < -0.39 is 29.6 Å². The maximum absolute atomic E-state index is 13.3. The standard InChI is InChI=1S/C19H13FN2O4/c1-11(22-17(23)14-4-2-3-5-15(14)18(22)24)19(25)26-10-12-6-7-16(20)13(8-12)9-21/h2-8,11H,10H2,1H3. The Labute approximate surface area is 148 Å². The van der Waals surface area contributed by atoms with Crippen LogP contribution in [0, 0.1) is 17.1 Å². The minimum absolute atomic E-state index is 0.160. The topological polar surface area (TPSA) is 87.5 Å². The average molecular weight is 352 g/mol. The Balaban J connectivity index is 1.70. The van der Waals surface area contributed by atoms with Gasteiger partial charge < -0.3 is 4.74 Å². The molecule has 1 heterocycles. The van der Waals surface area contributed by atoms with E-state index in [2.05, 4.69) is 0 Å². The number of nitrogens with zero attached hydrogens (tertiary/aromatic N) is 2. The average Bonchev–Trinajstić information content (AvgIpc) is 2.91. The molecule has 0 bridgehead atoms. The predicted octanol–water partition coefficient (Wildman–Crippen LogP) is 2.43. The summed E-state index contributed by atoms with van der Waals surface area (Å²) < 4.78 is 18.4. The largest absolute Gasteiger partial charge is 0.459 e. The van der Waals surface area contributed by atoms with Crippen LogP contribution < -0.4 is 0 Å². The SMILES string of the molecule is CC(C(=O)OCc1ccc(F)c(C#N)c1)N1C(=O)c2ccccc2C1=O. The van der Waals surface area contributed by atoms with Gasteiger partial charge in [-0.1, -0.05) is 18.2 Å². The fourth-order valence-electron chi connectivity index (χ4n) is 2.69. The number of rotatable bonds is 4. The predicted molar refractivity (Wildman–Crippen MR) is 87.3 cm³/mol. The molecule has 1 unspecified atom stereocenters. The number of esters is 1. The van der Waals surface area contributed by atoms with Gasteiger partial charge in [-0.2, -0.15) is 5.26 Å². The molecule has 1 aliphatic rings. The van der Waals surface area contributed by atoms with E-state index in [1.807, 2.05) is 0 Å². The van der Waals surface area contributed by atoms with E-state index in [0.29, 0.717) is 5.56 Å². The molecule has 0 radical (unpaired) electrons. The van der Waals surface area contributed by atoms with Crippen molar-refractivity contribution in [3.8, 4) is 6.07 Å². The van der Waals surface area contributed by atoms with Gasteiger partial charge in [-0.15, -0.1) is 0 Å². The third-order valence-electron chi connectivity index (χ3n) is 4.09. The van der Waals surface area contributed by atoms with Crippen LogP contribution in [0.2, 0.25) is 0 Å². The number of nitriles is 1. The van der Waals surface area contributed by atoms with Crippen LogP contribution in [0.3, 0.4) is 0 Å². The van der Waals surface area contributed by atoms with Crippen molar-refractivity contribution in [2.75, 3.05) is 0 Å². The Morgan fingerprint density at radius 3 is 2.38 bits per heavy atom. The summed E-state index contributed by atoms with van der Waals surface area (Å²) in [6.45, 7) is 1.19. The Morgan fingerprint density at radius 1 is 1.19 bits per heavy atom. The molecule has 1 aliphatic heterocycles. The van der Waals surface area contributed by atoms with E-state index in [4.69, 9.17) is 10.00 Å². The van der Waals surface area contributed by atoms with Crippen molar-refractivity contribution in [3.63, 3.8) is 0 Å². The number of hydrogen-bond donors (Lipinski definition) is 0. The number of halogens is 1. The van der Waals surface area contributed by atoms with Crippen molar-refractivity contribution in [3.05, 3.63) is 70.5 Å². The molecule has 2 amide bonds. The van der Waals surface area contributed by atoms with Crippen molar-refractivity contribution < 1.29 is 23.5 Å². The van der Waals surface area contributed by atoms with Crippen molar-refractivity contribution in [1.82, 2.24) is 4.90 Å². The minimum Gasteiger partial charge on any atom is -0.459 e. The lowest BCUT2D eigenvalue weighted by Gasteiger charge is -2.21. The van der Waals surface area contributed by atoms with Crippen LogP contribution >= 0.6 is 0 Å². The second kappa shape index (κ2) is 6.76. The molecule has 0 aromatic heterocycles. The molecule has 6 nitrogen and oxygen atoms in total. The fraction of sp³-hybridized carbons (Fsp3) is 0.158. The highest BCUT2D eigenvalue weighted by Gasteiger charge is 2.41. The van der Waals surface area contributed by atoms with Crippen molar-refractivity contribution in [1.29, 1.82) is 5.26 Å². The molecule has 26 heavy (non-hydrogen) atoms. The maximum Gasteiger partial charge on any atom is 0.329 e. The first-order valence-corrected chi connectivity index (χ1v) is 7.76. The van der Waals surface area contributed by atoms with E-state index in [9.17, 15) is 18.8 Å². The Bertz CT molecular complexity index is 929. The van der Waals surface area contributed by atoms with Crippen molar-refractivity contribution in [2.45, 2.75) is 19.6 Å². The van der Waals surface area contributed by atoms with Gasteiger partial charge in [0.25, 0.3) is 11.8 Å². The van der Waals surface area contributed by atoms with Crippen LogP contribution in [0.5, 0.6) is 0 Å². The highest BCUT2D eigenvalue weighted by molar-refractivity contribution is 6.22. The highest BCUT2D eigenvalue weighted by Crippen LogP contribution is 2.25. The maximum atomic E-state index is 13.3. The van der Waals surface area contributed by atoms with E-state index in [-0.39, 0.29) is 23.3 Å². The van der Waals surface area contributed by atoms with Crippen LogP contribution in [0.25, 0.3) is 0 Å². The Morgan fingerprint density at radius 2 is 1.81 bits per heavy atom. The number of benzene rings is 2. The van der Waals surface area contributed by atoms with Crippen LogP contribution in [0.4, 0.5) is 4.39 Å². The second-order valence-corrected chi connectivity index (χ2v) is 5.74. The molecule has 7 heteroatoms. The van der Waals surface area contributed by atoms with E-state index >= 15 is 0 Å². The lowest BCUT2D eigenvalue weighted by Crippen LogP contribution is -2.43. The lowest BCUT2D eigenvalue weighted by atomic mass is 10.1. The fourth-order valence-corrected chi connectivity index (χ4v) is 2.69. The summed E-state index contributed by atoms with van der Waals surface area (Å²) in [6.07, 6.45) is 0. The van der Waals surface area contributed by atoms with E-state index in [1.54, 1.807) is 18.2 Å². The molecule has 0 N–H and O–H groups in total.